The Morgan fingerprint density at radius 1 is 1.07 bits per heavy atom. The van der Waals surface area contributed by atoms with Crippen molar-refractivity contribution in [3.05, 3.63) is 65.2 Å². The third-order valence-corrected chi connectivity index (χ3v) is 6.53. The molecule has 1 aliphatic rings. The van der Waals surface area contributed by atoms with Crippen LogP contribution < -0.4 is 4.72 Å². The van der Waals surface area contributed by atoms with E-state index in [0.29, 0.717) is 0 Å². The van der Waals surface area contributed by atoms with E-state index in [1.807, 2.05) is 18.2 Å². The summed E-state index contributed by atoms with van der Waals surface area (Å²) < 4.78 is 27.5. The van der Waals surface area contributed by atoms with Gasteiger partial charge in [0.1, 0.15) is 6.07 Å². The fourth-order valence-corrected chi connectivity index (χ4v) is 4.46. The largest absolute Gasteiger partial charge is 0.299 e. The van der Waals surface area contributed by atoms with E-state index in [1.54, 1.807) is 12.1 Å². The zero-order valence-corrected chi connectivity index (χ0v) is 16.4. The van der Waals surface area contributed by atoms with Gasteiger partial charge in [0.15, 0.2) is 0 Å². The van der Waals surface area contributed by atoms with Crippen molar-refractivity contribution in [3.8, 4) is 6.07 Å². The number of nitriles is 1. The van der Waals surface area contributed by atoms with Crippen LogP contribution in [-0.4, -0.2) is 26.4 Å². The maximum absolute atomic E-state index is 12.5. The fourth-order valence-electron chi connectivity index (χ4n) is 3.29. The second-order valence-electron chi connectivity index (χ2n) is 7.21. The molecule has 1 aliphatic heterocycles. The molecule has 5 nitrogen and oxygen atoms in total. The first kappa shape index (κ1) is 19.6. The number of benzene rings is 2. The third kappa shape index (κ3) is 5.16. The van der Waals surface area contributed by atoms with Gasteiger partial charge in [-0.2, -0.15) is 5.26 Å². The molecule has 0 bridgehead atoms. The highest BCUT2D eigenvalue weighted by molar-refractivity contribution is 7.89. The standard InChI is InChI=1S/C21H25N3O2S/c1-17-10-12-24(13-11-17)16-19-8-6-18(7-9-19)15-23-27(25,26)21-5-3-2-4-20(21)14-22/h2-9,17,23H,10-13,15-16H2,1H3. The van der Waals surface area contributed by atoms with Gasteiger partial charge < -0.3 is 0 Å². The summed E-state index contributed by atoms with van der Waals surface area (Å²) in [5, 5.41) is 9.10. The molecule has 0 radical (unpaired) electrons. The van der Waals surface area contributed by atoms with Gasteiger partial charge in [0.2, 0.25) is 10.0 Å². The first-order chi connectivity index (χ1) is 13.0. The molecule has 6 heteroatoms. The van der Waals surface area contributed by atoms with Gasteiger partial charge in [-0.25, -0.2) is 13.1 Å². The number of nitrogens with zero attached hydrogens (tertiary/aromatic N) is 2. The number of hydrogen-bond acceptors (Lipinski definition) is 4. The maximum Gasteiger partial charge on any atom is 0.242 e. The molecule has 27 heavy (non-hydrogen) atoms. The number of likely N-dealkylation sites (tertiary alicyclic amines) is 1. The molecule has 142 valence electrons. The fraction of sp³-hybridized carbons (Fsp3) is 0.381. The van der Waals surface area contributed by atoms with E-state index >= 15 is 0 Å². The number of hydrogen-bond donors (Lipinski definition) is 1. The van der Waals surface area contributed by atoms with Crippen LogP contribution in [0.1, 0.15) is 36.5 Å². The first-order valence-corrected chi connectivity index (χ1v) is 10.8. The molecule has 0 unspecified atom stereocenters. The molecule has 0 aliphatic carbocycles. The summed E-state index contributed by atoms with van der Waals surface area (Å²) in [6.07, 6.45) is 2.51. The van der Waals surface area contributed by atoms with Gasteiger partial charge in [-0.3, -0.25) is 4.90 Å². The lowest BCUT2D eigenvalue weighted by Gasteiger charge is -2.30. The quantitative estimate of drug-likeness (QED) is 0.831. The lowest BCUT2D eigenvalue weighted by Crippen LogP contribution is -2.32. The van der Waals surface area contributed by atoms with E-state index in [1.165, 1.54) is 30.5 Å². The van der Waals surface area contributed by atoms with Crippen LogP contribution in [0.3, 0.4) is 0 Å². The normalized spacial score (nSPS) is 16.1. The van der Waals surface area contributed by atoms with Crippen LogP contribution in [0.2, 0.25) is 0 Å². The Balaban J connectivity index is 1.59. The lowest BCUT2D eigenvalue weighted by molar-refractivity contribution is 0.185. The van der Waals surface area contributed by atoms with Crippen molar-refractivity contribution in [1.82, 2.24) is 9.62 Å². The Morgan fingerprint density at radius 3 is 2.37 bits per heavy atom. The zero-order chi connectivity index (χ0) is 19.3. The van der Waals surface area contributed by atoms with Crippen LogP contribution in [0, 0.1) is 17.2 Å². The third-order valence-electron chi connectivity index (χ3n) is 5.07. The van der Waals surface area contributed by atoms with E-state index in [9.17, 15) is 8.42 Å². The van der Waals surface area contributed by atoms with E-state index in [0.717, 1.165) is 31.1 Å². The van der Waals surface area contributed by atoms with Crippen molar-refractivity contribution in [2.24, 2.45) is 5.92 Å². The second kappa shape index (κ2) is 8.66. The highest BCUT2D eigenvalue weighted by Gasteiger charge is 2.18. The van der Waals surface area contributed by atoms with Crippen molar-refractivity contribution >= 4 is 10.0 Å². The first-order valence-electron chi connectivity index (χ1n) is 9.27. The Labute approximate surface area is 161 Å². The Morgan fingerprint density at radius 2 is 1.70 bits per heavy atom. The Kier molecular flexibility index (Phi) is 6.27. The molecule has 1 heterocycles. The maximum atomic E-state index is 12.5. The molecule has 0 aromatic heterocycles. The predicted octanol–water partition coefficient (Wildman–Crippen LogP) is 3.27. The van der Waals surface area contributed by atoms with Gasteiger partial charge in [-0.15, -0.1) is 0 Å². The topological polar surface area (TPSA) is 73.2 Å². The van der Waals surface area contributed by atoms with E-state index in [2.05, 4.69) is 28.7 Å². The number of piperidine rings is 1. The van der Waals surface area contributed by atoms with Crippen molar-refractivity contribution in [2.75, 3.05) is 13.1 Å². The highest BCUT2D eigenvalue weighted by Crippen LogP contribution is 2.19. The molecule has 0 saturated carbocycles. The summed E-state index contributed by atoms with van der Waals surface area (Å²) in [7, 11) is -3.72. The smallest absolute Gasteiger partial charge is 0.242 e. The molecule has 0 spiro atoms. The predicted molar refractivity (Wildman–Crippen MR) is 105 cm³/mol. The van der Waals surface area contributed by atoms with E-state index in [4.69, 9.17) is 5.26 Å². The summed E-state index contributed by atoms with van der Waals surface area (Å²) >= 11 is 0. The number of sulfonamides is 1. The van der Waals surface area contributed by atoms with E-state index < -0.39 is 10.0 Å². The molecule has 2 aromatic carbocycles. The monoisotopic (exact) mass is 383 g/mol. The van der Waals surface area contributed by atoms with Gasteiger partial charge in [0, 0.05) is 13.1 Å². The molecule has 1 saturated heterocycles. The van der Waals surface area contributed by atoms with Crippen molar-refractivity contribution in [3.63, 3.8) is 0 Å². The summed E-state index contributed by atoms with van der Waals surface area (Å²) in [4.78, 5) is 2.49. The van der Waals surface area contributed by atoms with Crippen LogP contribution >= 0.6 is 0 Å². The summed E-state index contributed by atoms with van der Waals surface area (Å²) in [5.41, 5.74) is 2.28. The van der Waals surface area contributed by atoms with Crippen LogP contribution in [0.5, 0.6) is 0 Å². The Bertz CT molecular complexity index is 909. The SMILES string of the molecule is CC1CCN(Cc2ccc(CNS(=O)(=O)c3ccccc3C#N)cc2)CC1. The molecule has 0 atom stereocenters. The second-order valence-corrected chi connectivity index (χ2v) is 8.94. The average Bonchev–Trinajstić information content (AvgIpc) is 2.69. The van der Waals surface area contributed by atoms with Crippen molar-refractivity contribution in [1.29, 1.82) is 5.26 Å². The molecular weight excluding hydrogens is 358 g/mol. The highest BCUT2D eigenvalue weighted by atomic mass is 32.2. The molecular formula is C21H25N3O2S. The number of rotatable bonds is 6. The summed E-state index contributed by atoms with van der Waals surface area (Å²) in [5.74, 6) is 0.822. The Hall–Kier alpha value is -2.20. The molecule has 1 fully saturated rings. The summed E-state index contributed by atoms with van der Waals surface area (Å²) in [6, 6.07) is 16.2. The molecule has 1 N–H and O–H groups in total. The van der Waals surface area contributed by atoms with Crippen molar-refractivity contribution in [2.45, 2.75) is 37.8 Å². The van der Waals surface area contributed by atoms with Gasteiger partial charge in [-0.1, -0.05) is 43.3 Å². The molecule has 3 rings (SSSR count). The summed E-state index contributed by atoms with van der Waals surface area (Å²) in [6.45, 7) is 5.72. The minimum atomic E-state index is -3.72. The van der Waals surface area contributed by atoms with Crippen LogP contribution in [0.25, 0.3) is 0 Å². The minimum Gasteiger partial charge on any atom is -0.299 e. The van der Waals surface area contributed by atoms with E-state index in [-0.39, 0.29) is 17.0 Å². The van der Waals surface area contributed by atoms with Gasteiger partial charge in [0.05, 0.1) is 10.5 Å². The minimum absolute atomic E-state index is 0.0171. The molecule has 2 aromatic rings. The van der Waals surface area contributed by atoms with Gasteiger partial charge >= 0.3 is 0 Å². The average molecular weight is 384 g/mol. The van der Waals surface area contributed by atoms with Gasteiger partial charge in [0.25, 0.3) is 0 Å². The molecule has 0 amide bonds. The lowest BCUT2D eigenvalue weighted by atomic mass is 9.99. The van der Waals surface area contributed by atoms with Crippen LogP contribution in [0.15, 0.2) is 53.4 Å². The van der Waals surface area contributed by atoms with Crippen LogP contribution in [-0.2, 0) is 23.1 Å². The van der Waals surface area contributed by atoms with Crippen LogP contribution in [0.4, 0.5) is 0 Å². The van der Waals surface area contributed by atoms with Crippen molar-refractivity contribution < 1.29 is 8.42 Å². The van der Waals surface area contributed by atoms with Gasteiger partial charge in [-0.05, 0) is 55.1 Å². The number of nitrogens with one attached hydrogen (secondary N) is 1. The zero-order valence-electron chi connectivity index (χ0n) is 15.6.